The molecule has 1 aliphatic rings. The van der Waals surface area contributed by atoms with Gasteiger partial charge < -0.3 is 19.9 Å². The summed E-state index contributed by atoms with van der Waals surface area (Å²) in [6, 6.07) is 13.6. The number of rotatable bonds is 6. The minimum Gasteiger partial charge on any atom is -0.492 e. The Bertz CT molecular complexity index is 819. The number of quaternary nitrogens is 1. The van der Waals surface area contributed by atoms with Gasteiger partial charge in [0.15, 0.2) is 6.04 Å². The largest absolute Gasteiger partial charge is 0.492 e. The van der Waals surface area contributed by atoms with Crippen molar-refractivity contribution in [3.8, 4) is 5.75 Å². The minimum atomic E-state index is -0.123. The number of ether oxygens (including phenoxy) is 1. The lowest BCUT2D eigenvalue weighted by Crippen LogP contribution is -3.19. The second-order valence-corrected chi connectivity index (χ2v) is 7.65. The Hall–Kier alpha value is -2.24. The van der Waals surface area contributed by atoms with Crippen LogP contribution in [0.15, 0.2) is 42.5 Å². The Morgan fingerprint density at radius 2 is 1.96 bits per heavy atom. The van der Waals surface area contributed by atoms with E-state index in [1.165, 1.54) is 4.90 Å². The van der Waals surface area contributed by atoms with E-state index >= 15 is 0 Å². The lowest BCUT2D eigenvalue weighted by molar-refractivity contribution is -0.914. The average Bonchev–Trinajstić information content (AvgIpc) is 2.71. The van der Waals surface area contributed by atoms with E-state index in [0.29, 0.717) is 11.6 Å². The summed E-state index contributed by atoms with van der Waals surface area (Å²) >= 11 is 6.07. The first-order valence-corrected chi connectivity index (χ1v) is 10.3. The Balaban J connectivity index is 1.60. The standard InChI is InChI=1S/C22H28ClN3O2/c1-4-28-21-8-6-5-7-20(21)26-13-11-25(12-14-26)17(3)22(27)24-19-15-18(23)10-9-16(19)2/h5-10,15,17H,4,11-14H2,1-3H3,(H,24,27)/p+1/t17-/m0/s1. The summed E-state index contributed by atoms with van der Waals surface area (Å²) in [5.74, 6) is 0.958. The fraction of sp³-hybridized carbons (Fsp3) is 0.409. The van der Waals surface area contributed by atoms with Crippen LogP contribution in [0.3, 0.4) is 0 Å². The highest BCUT2D eigenvalue weighted by molar-refractivity contribution is 6.31. The lowest BCUT2D eigenvalue weighted by Gasteiger charge is -2.36. The molecule has 28 heavy (non-hydrogen) atoms. The monoisotopic (exact) mass is 402 g/mol. The van der Waals surface area contributed by atoms with Gasteiger partial charge in [0.1, 0.15) is 5.75 Å². The number of anilines is 2. The summed E-state index contributed by atoms with van der Waals surface area (Å²) in [4.78, 5) is 16.4. The number of hydrogen-bond acceptors (Lipinski definition) is 3. The summed E-state index contributed by atoms with van der Waals surface area (Å²) in [5.41, 5.74) is 2.93. The van der Waals surface area contributed by atoms with Crippen LogP contribution >= 0.6 is 11.6 Å². The van der Waals surface area contributed by atoms with E-state index in [-0.39, 0.29) is 11.9 Å². The van der Waals surface area contributed by atoms with E-state index in [1.807, 2.05) is 51.1 Å². The van der Waals surface area contributed by atoms with Crippen LogP contribution in [0.25, 0.3) is 0 Å². The van der Waals surface area contributed by atoms with Gasteiger partial charge in [-0.3, -0.25) is 4.79 Å². The predicted molar refractivity (Wildman–Crippen MR) is 115 cm³/mol. The third-order valence-electron chi connectivity index (χ3n) is 5.37. The summed E-state index contributed by atoms with van der Waals surface area (Å²) in [7, 11) is 0. The molecule has 5 nitrogen and oxygen atoms in total. The van der Waals surface area contributed by atoms with Gasteiger partial charge in [0.2, 0.25) is 0 Å². The molecule has 1 fully saturated rings. The molecule has 0 bridgehead atoms. The molecule has 0 spiro atoms. The molecular weight excluding hydrogens is 374 g/mol. The third kappa shape index (κ3) is 4.78. The quantitative estimate of drug-likeness (QED) is 0.781. The van der Waals surface area contributed by atoms with E-state index in [4.69, 9.17) is 16.3 Å². The van der Waals surface area contributed by atoms with Crippen molar-refractivity contribution in [3.63, 3.8) is 0 Å². The average molecular weight is 403 g/mol. The van der Waals surface area contributed by atoms with Gasteiger partial charge >= 0.3 is 0 Å². The summed E-state index contributed by atoms with van der Waals surface area (Å²) in [5, 5.41) is 3.67. The number of nitrogens with zero attached hydrogens (tertiary/aromatic N) is 1. The van der Waals surface area contributed by atoms with Crippen molar-refractivity contribution in [2.75, 3.05) is 43.0 Å². The van der Waals surface area contributed by atoms with Crippen LogP contribution in [0, 0.1) is 6.92 Å². The van der Waals surface area contributed by atoms with Crippen molar-refractivity contribution in [2.45, 2.75) is 26.8 Å². The van der Waals surface area contributed by atoms with Crippen molar-refractivity contribution in [3.05, 3.63) is 53.1 Å². The SMILES string of the molecule is CCOc1ccccc1N1CC[NH+]([C@@H](C)C(=O)Nc2cc(Cl)ccc2C)CC1. The number of amides is 1. The maximum absolute atomic E-state index is 12.8. The number of carbonyl (C=O) groups is 1. The van der Waals surface area contributed by atoms with Gasteiger partial charge in [-0.25, -0.2) is 0 Å². The van der Waals surface area contributed by atoms with Crippen molar-refractivity contribution in [1.82, 2.24) is 0 Å². The van der Waals surface area contributed by atoms with Crippen LogP contribution in [0.2, 0.25) is 5.02 Å². The van der Waals surface area contributed by atoms with Gasteiger partial charge in [-0.15, -0.1) is 0 Å². The van der Waals surface area contributed by atoms with Crippen LogP contribution in [0.1, 0.15) is 19.4 Å². The highest BCUT2D eigenvalue weighted by Gasteiger charge is 2.30. The number of benzene rings is 2. The number of halogens is 1. The second-order valence-electron chi connectivity index (χ2n) is 7.22. The van der Waals surface area contributed by atoms with Gasteiger partial charge in [-0.2, -0.15) is 0 Å². The number of para-hydroxylation sites is 2. The van der Waals surface area contributed by atoms with Crippen LogP contribution < -0.4 is 19.9 Å². The van der Waals surface area contributed by atoms with Gasteiger partial charge in [0, 0.05) is 10.7 Å². The lowest BCUT2D eigenvalue weighted by atomic mass is 10.1. The molecule has 150 valence electrons. The first-order valence-electron chi connectivity index (χ1n) is 9.88. The highest BCUT2D eigenvalue weighted by Crippen LogP contribution is 2.27. The zero-order chi connectivity index (χ0) is 20.1. The predicted octanol–water partition coefficient (Wildman–Crippen LogP) is 2.78. The zero-order valence-corrected chi connectivity index (χ0v) is 17.6. The molecule has 2 N–H and O–H groups in total. The molecule has 0 radical (unpaired) electrons. The smallest absolute Gasteiger partial charge is 0.282 e. The number of nitrogens with one attached hydrogen (secondary N) is 2. The number of piperazine rings is 1. The number of hydrogen-bond donors (Lipinski definition) is 2. The first kappa shape index (κ1) is 20.5. The maximum atomic E-state index is 12.8. The van der Waals surface area contributed by atoms with Crippen molar-refractivity contribution in [1.29, 1.82) is 0 Å². The number of aryl methyl sites for hydroxylation is 1. The molecule has 1 heterocycles. The van der Waals surface area contributed by atoms with E-state index in [2.05, 4.69) is 16.3 Å². The van der Waals surface area contributed by atoms with E-state index in [1.54, 1.807) is 6.07 Å². The molecule has 6 heteroatoms. The molecule has 1 saturated heterocycles. The van der Waals surface area contributed by atoms with Gasteiger partial charge in [0.05, 0.1) is 38.5 Å². The molecule has 2 aromatic carbocycles. The second kappa shape index (κ2) is 9.30. The Labute approximate surface area is 172 Å². The number of carbonyl (C=O) groups excluding carboxylic acids is 1. The van der Waals surface area contributed by atoms with Gasteiger partial charge in [-0.1, -0.05) is 29.8 Å². The van der Waals surface area contributed by atoms with Crippen LogP contribution in [-0.4, -0.2) is 44.7 Å². The van der Waals surface area contributed by atoms with Crippen LogP contribution in [-0.2, 0) is 4.79 Å². The summed E-state index contributed by atoms with van der Waals surface area (Å²) in [6.07, 6.45) is 0. The summed E-state index contributed by atoms with van der Waals surface area (Å²) < 4.78 is 5.77. The van der Waals surface area contributed by atoms with Crippen molar-refractivity contribution >= 4 is 28.9 Å². The molecule has 0 aromatic heterocycles. The molecule has 0 aliphatic carbocycles. The highest BCUT2D eigenvalue weighted by atomic mass is 35.5. The van der Waals surface area contributed by atoms with Crippen LogP contribution in [0.4, 0.5) is 11.4 Å². The third-order valence-corrected chi connectivity index (χ3v) is 5.61. The molecule has 0 unspecified atom stereocenters. The first-order chi connectivity index (χ1) is 13.5. The normalized spacial score (nSPS) is 15.9. The van der Waals surface area contributed by atoms with E-state index in [9.17, 15) is 4.79 Å². The van der Waals surface area contributed by atoms with Crippen LogP contribution in [0.5, 0.6) is 5.75 Å². The molecular formula is C22H29ClN3O2+. The van der Waals surface area contributed by atoms with Crippen molar-refractivity contribution in [2.24, 2.45) is 0 Å². The Morgan fingerprint density at radius 3 is 2.68 bits per heavy atom. The van der Waals surface area contributed by atoms with Crippen molar-refractivity contribution < 1.29 is 14.4 Å². The fourth-order valence-electron chi connectivity index (χ4n) is 3.62. The molecule has 2 aromatic rings. The fourth-order valence-corrected chi connectivity index (χ4v) is 3.79. The molecule has 1 aliphatic heterocycles. The minimum absolute atomic E-state index is 0.0310. The molecule has 1 atom stereocenters. The van der Waals surface area contributed by atoms with E-state index in [0.717, 1.165) is 48.9 Å². The Morgan fingerprint density at radius 1 is 1.25 bits per heavy atom. The van der Waals surface area contributed by atoms with Gasteiger partial charge in [0.25, 0.3) is 5.91 Å². The van der Waals surface area contributed by atoms with E-state index < -0.39 is 0 Å². The molecule has 3 rings (SSSR count). The summed E-state index contributed by atoms with van der Waals surface area (Å²) in [6.45, 7) is 10.2. The zero-order valence-electron chi connectivity index (χ0n) is 16.8. The Kier molecular flexibility index (Phi) is 6.81. The maximum Gasteiger partial charge on any atom is 0.282 e. The molecule has 1 amide bonds. The molecule has 0 saturated carbocycles. The topological polar surface area (TPSA) is 46.0 Å². The van der Waals surface area contributed by atoms with Gasteiger partial charge in [-0.05, 0) is 50.6 Å².